The van der Waals surface area contributed by atoms with E-state index in [-0.39, 0.29) is 30.3 Å². The Morgan fingerprint density at radius 3 is 2.29 bits per heavy atom. The Bertz CT molecular complexity index is 592. The Morgan fingerprint density at radius 2 is 1.71 bits per heavy atom. The molecule has 0 aromatic rings. The highest BCUT2D eigenvalue weighted by Gasteiger charge is 2.53. The third-order valence-corrected chi connectivity index (χ3v) is 6.60. The van der Waals surface area contributed by atoms with Crippen LogP contribution >= 0.6 is 0 Å². The molecule has 7 nitrogen and oxygen atoms in total. The zero-order valence-corrected chi connectivity index (χ0v) is 17.4. The molecule has 2 heterocycles. The van der Waals surface area contributed by atoms with Gasteiger partial charge < -0.3 is 14.4 Å². The molecule has 1 spiro atoms. The number of rotatable bonds is 4. The second-order valence-electron chi connectivity index (χ2n) is 8.42. The molecular formula is C21H34N2O5. The summed E-state index contributed by atoms with van der Waals surface area (Å²) in [6.07, 6.45) is 5.22. The Morgan fingerprint density at radius 1 is 1.07 bits per heavy atom. The van der Waals surface area contributed by atoms with Crippen LogP contribution in [0.2, 0.25) is 0 Å². The van der Waals surface area contributed by atoms with Gasteiger partial charge in [-0.25, -0.2) is 0 Å². The molecule has 0 radical (unpaired) electrons. The predicted molar refractivity (Wildman–Crippen MR) is 103 cm³/mol. The van der Waals surface area contributed by atoms with E-state index >= 15 is 0 Å². The average molecular weight is 395 g/mol. The van der Waals surface area contributed by atoms with E-state index in [9.17, 15) is 14.4 Å². The molecular weight excluding hydrogens is 360 g/mol. The highest BCUT2D eigenvalue weighted by atomic mass is 16.5. The van der Waals surface area contributed by atoms with Gasteiger partial charge in [0.25, 0.3) is 0 Å². The van der Waals surface area contributed by atoms with Crippen molar-refractivity contribution in [3.05, 3.63) is 0 Å². The van der Waals surface area contributed by atoms with E-state index in [1.54, 1.807) is 16.7 Å². The number of hydrogen-bond acceptors (Lipinski definition) is 5. The number of likely N-dealkylation sites (tertiary alicyclic amines) is 1. The minimum absolute atomic E-state index is 0.00758. The summed E-state index contributed by atoms with van der Waals surface area (Å²) in [6.45, 7) is 7.57. The van der Waals surface area contributed by atoms with E-state index in [0.29, 0.717) is 44.9 Å². The predicted octanol–water partition coefficient (Wildman–Crippen LogP) is 2.33. The van der Waals surface area contributed by atoms with Crippen LogP contribution in [0.5, 0.6) is 0 Å². The molecule has 158 valence electrons. The van der Waals surface area contributed by atoms with Crippen molar-refractivity contribution in [3.63, 3.8) is 0 Å². The summed E-state index contributed by atoms with van der Waals surface area (Å²) in [4.78, 5) is 41.6. The Kier molecular flexibility index (Phi) is 6.63. The number of nitrogens with zero attached hydrogens (tertiary/aromatic N) is 2. The fraction of sp³-hybridized carbons (Fsp3) is 0.857. The lowest BCUT2D eigenvalue weighted by Crippen LogP contribution is -2.58. The first-order chi connectivity index (χ1) is 13.4. The molecule has 3 fully saturated rings. The van der Waals surface area contributed by atoms with Crippen LogP contribution in [-0.4, -0.2) is 65.7 Å². The third-order valence-electron chi connectivity index (χ3n) is 6.60. The lowest BCUT2D eigenvalue weighted by molar-refractivity contribution is -0.163. The molecule has 0 aromatic heterocycles. The minimum Gasteiger partial charge on any atom is -0.466 e. The van der Waals surface area contributed by atoms with Crippen molar-refractivity contribution in [1.29, 1.82) is 0 Å². The quantitative estimate of drug-likeness (QED) is 0.684. The molecule has 0 bridgehead atoms. The maximum Gasteiger partial charge on any atom is 0.309 e. The number of hydrogen-bond donors (Lipinski definition) is 0. The first kappa shape index (κ1) is 21.1. The Labute approximate surface area is 167 Å². The van der Waals surface area contributed by atoms with Crippen LogP contribution in [0.15, 0.2) is 0 Å². The van der Waals surface area contributed by atoms with E-state index in [4.69, 9.17) is 9.47 Å². The van der Waals surface area contributed by atoms with Crippen molar-refractivity contribution in [1.82, 2.24) is 9.80 Å². The van der Waals surface area contributed by atoms with Crippen LogP contribution in [0.1, 0.15) is 65.7 Å². The van der Waals surface area contributed by atoms with Crippen LogP contribution in [0.4, 0.5) is 0 Å². The topological polar surface area (TPSA) is 76.2 Å². The van der Waals surface area contributed by atoms with Crippen molar-refractivity contribution in [2.24, 2.45) is 11.8 Å². The molecule has 7 heteroatoms. The Hall–Kier alpha value is -1.63. The maximum atomic E-state index is 13.3. The highest BCUT2D eigenvalue weighted by molar-refractivity contribution is 5.89. The van der Waals surface area contributed by atoms with Gasteiger partial charge in [0.1, 0.15) is 11.8 Å². The van der Waals surface area contributed by atoms with Gasteiger partial charge in [0.05, 0.1) is 19.1 Å². The van der Waals surface area contributed by atoms with Crippen LogP contribution in [0, 0.1) is 11.8 Å². The molecule has 2 saturated heterocycles. The summed E-state index contributed by atoms with van der Waals surface area (Å²) in [5.41, 5.74) is -0.608. The second-order valence-corrected chi connectivity index (χ2v) is 8.42. The third kappa shape index (κ3) is 4.04. The fourth-order valence-corrected chi connectivity index (χ4v) is 4.82. The minimum atomic E-state index is -0.608. The van der Waals surface area contributed by atoms with Crippen molar-refractivity contribution in [2.75, 3.05) is 26.3 Å². The summed E-state index contributed by atoms with van der Waals surface area (Å²) >= 11 is 0. The zero-order chi connectivity index (χ0) is 20.3. The normalized spacial score (nSPS) is 31.2. The molecule has 1 atom stereocenters. The molecule has 0 aromatic carbocycles. The summed E-state index contributed by atoms with van der Waals surface area (Å²) in [6, 6.07) is -0.542. The zero-order valence-electron chi connectivity index (χ0n) is 17.4. The lowest BCUT2D eigenvalue weighted by atomic mass is 9.83. The average Bonchev–Trinajstić information content (AvgIpc) is 3.08. The molecule has 2 amide bonds. The lowest BCUT2D eigenvalue weighted by Gasteiger charge is -2.43. The SMILES string of the molecule is CCOC(=O)C1CCN(C(=O)[C@@H]2COC3(CCC(C)CC3)N2C(=O)CC)CC1. The highest BCUT2D eigenvalue weighted by Crippen LogP contribution is 2.43. The second kappa shape index (κ2) is 8.80. The van der Waals surface area contributed by atoms with Crippen LogP contribution in [-0.2, 0) is 23.9 Å². The van der Waals surface area contributed by atoms with E-state index in [1.807, 2.05) is 6.92 Å². The molecule has 3 aliphatic rings. The van der Waals surface area contributed by atoms with E-state index in [1.165, 1.54) is 0 Å². The van der Waals surface area contributed by atoms with Gasteiger partial charge in [-0.15, -0.1) is 0 Å². The van der Waals surface area contributed by atoms with Gasteiger partial charge in [-0.2, -0.15) is 0 Å². The standard InChI is InChI=1S/C21H34N2O5/c1-4-18(24)23-17(14-28-21(23)10-6-15(3)7-11-21)19(25)22-12-8-16(9-13-22)20(26)27-5-2/h15-17H,4-14H2,1-3H3/t15?,17-,21?/m0/s1. The first-order valence-electron chi connectivity index (χ1n) is 10.8. The number of ether oxygens (including phenoxy) is 2. The van der Waals surface area contributed by atoms with E-state index in [2.05, 4.69) is 6.92 Å². The molecule has 3 rings (SSSR count). The molecule has 0 unspecified atom stereocenters. The monoisotopic (exact) mass is 394 g/mol. The number of carbonyl (C=O) groups is 3. The van der Waals surface area contributed by atoms with Gasteiger partial charge in [-0.05, 0) is 51.4 Å². The maximum absolute atomic E-state index is 13.3. The summed E-state index contributed by atoms with van der Waals surface area (Å²) in [5.74, 6) is 0.274. The fourth-order valence-electron chi connectivity index (χ4n) is 4.82. The number of amides is 2. The van der Waals surface area contributed by atoms with Gasteiger partial charge in [0, 0.05) is 19.5 Å². The van der Waals surface area contributed by atoms with E-state index < -0.39 is 11.8 Å². The van der Waals surface area contributed by atoms with Gasteiger partial charge in [-0.1, -0.05) is 13.8 Å². The van der Waals surface area contributed by atoms with Gasteiger partial charge >= 0.3 is 5.97 Å². The van der Waals surface area contributed by atoms with Gasteiger partial charge in [0.2, 0.25) is 11.8 Å². The van der Waals surface area contributed by atoms with Gasteiger partial charge in [0.15, 0.2) is 0 Å². The molecule has 1 saturated carbocycles. The Balaban J connectivity index is 1.67. The summed E-state index contributed by atoms with van der Waals surface area (Å²) in [5, 5.41) is 0. The summed E-state index contributed by atoms with van der Waals surface area (Å²) < 4.78 is 11.3. The van der Waals surface area contributed by atoms with Crippen molar-refractivity contribution >= 4 is 17.8 Å². The first-order valence-corrected chi connectivity index (χ1v) is 10.8. The molecule has 0 N–H and O–H groups in total. The number of piperidine rings is 1. The van der Waals surface area contributed by atoms with Crippen molar-refractivity contribution < 1.29 is 23.9 Å². The molecule has 1 aliphatic carbocycles. The van der Waals surface area contributed by atoms with Crippen molar-refractivity contribution in [2.45, 2.75) is 77.5 Å². The smallest absolute Gasteiger partial charge is 0.309 e. The van der Waals surface area contributed by atoms with Gasteiger partial charge in [-0.3, -0.25) is 19.3 Å². The number of carbonyl (C=O) groups excluding carboxylic acids is 3. The molecule has 2 aliphatic heterocycles. The van der Waals surface area contributed by atoms with Crippen molar-refractivity contribution in [3.8, 4) is 0 Å². The van der Waals surface area contributed by atoms with Crippen LogP contribution < -0.4 is 0 Å². The van der Waals surface area contributed by atoms with E-state index in [0.717, 1.165) is 25.7 Å². The largest absolute Gasteiger partial charge is 0.466 e. The molecule has 28 heavy (non-hydrogen) atoms. The summed E-state index contributed by atoms with van der Waals surface area (Å²) in [7, 11) is 0. The van der Waals surface area contributed by atoms with Crippen LogP contribution in [0.3, 0.4) is 0 Å². The van der Waals surface area contributed by atoms with Crippen LogP contribution in [0.25, 0.3) is 0 Å². The number of esters is 1.